The van der Waals surface area contributed by atoms with Crippen LogP contribution < -0.4 is 21.3 Å². The highest BCUT2D eigenvalue weighted by Gasteiger charge is 2.28. The van der Waals surface area contributed by atoms with E-state index in [0.29, 0.717) is 6.54 Å². The maximum absolute atomic E-state index is 12.2. The molecule has 2 heterocycles. The Hall–Kier alpha value is -2.36. The number of thioether (sulfide) groups is 1. The van der Waals surface area contributed by atoms with Gasteiger partial charge in [-0.05, 0) is 30.0 Å². The van der Waals surface area contributed by atoms with Crippen LogP contribution in [0.1, 0.15) is 23.3 Å². The molecule has 1 saturated heterocycles. The second kappa shape index (κ2) is 10.4. The van der Waals surface area contributed by atoms with Crippen LogP contribution in [0.5, 0.6) is 0 Å². The molecule has 1 aliphatic rings. The average molecular weight is 433 g/mol. The third kappa shape index (κ3) is 6.88. The SMILES string of the molecule is Cc1ccccc1NC(=O)CSC1NC(=O)CC(CC(=O)NCc2cccs2)N1. The summed E-state index contributed by atoms with van der Waals surface area (Å²) in [6.45, 7) is 2.42. The zero-order valence-electron chi connectivity index (χ0n) is 16.1. The molecule has 0 saturated carbocycles. The largest absolute Gasteiger partial charge is 0.351 e. The highest BCUT2D eigenvalue weighted by Crippen LogP contribution is 2.17. The Labute approximate surface area is 178 Å². The molecule has 1 aromatic heterocycles. The molecule has 0 radical (unpaired) electrons. The van der Waals surface area contributed by atoms with E-state index in [4.69, 9.17) is 0 Å². The van der Waals surface area contributed by atoms with Crippen molar-refractivity contribution in [1.29, 1.82) is 0 Å². The van der Waals surface area contributed by atoms with Crippen molar-refractivity contribution in [3.63, 3.8) is 0 Å². The van der Waals surface area contributed by atoms with E-state index in [1.54, 1.807) is 11.3 Å². The van der Waals surface area contributed by atoms with Gasteiger partial charge in [-0.15, -0.1) is 23.1 Å². The van der Waals surface area contributed by atoms with Gasteiger partial charge in [0, 0.05) is 29.4 Å². The van der Waals surface area contributed by atoms with Crippen molar-refractivity contribution in [1.82, 2.24) is 16.0 Å². The lowest BCUT2D eigenvalue weighted by molar-refractivity contribution is -0.125. The lowest BCUT2D eigenvalue weighted by Crippen LogP contribution is -2.56. The van der Waals surface area contributed by atoms with Crippen molar-refractivity contribution >= 4 is 46.5 Å². The summed E-state index contributed by atoms with van der Waals surface area (Å²) in [7, 11) is 0. The Morgan fingerprint density at radius 1 is 1.21 bits per heavy atom. The molecule has 2 aromatic rings. The summed E-state index contributed by atoms with van der Waals surface area (Å²) in [4.78, 5) is 37.5. The van der Waals surface area contributed by atoms with Crippen molar-refractivity contribution in [3.8, 4) is 0 Å². The fraction of sp³-hybridized carbons (Fsp3) is 0.350. The Morgan fingerprint density at radius 2 is 2.03 bits per heavy atom. The predicted molar refractivity (Wildman–Crippen MR) is 117 cm³/mol. The minimum atomic E-state index is -0.408. The normalized spacial score (nSPS) is 18.7. The third-order valence-corrected chi connectivity index (χ3v) is 6.28. The number of nitrogens with one attached hydrogen (secondary N) is 4. The molecule has 2 unspecified atom stereocenters. The molecule has 154 valence electrons. The summed E-state index contributed by atoms with van der Waals surface area (Å²) in [5.41, 5.74) is 1.36. The molecule has 9 heteroatoms. The van der Waals surface area contributed by atoms with Gasteiger partial charge < -0.3 is 16.0 Å². The minimum absolute atomic E-state index is 0.105. The molecule has 3 amide bonds. The van der Waals surface area contributed by atoms with Crippen molar-refractivity contribution in [2.45, 2.75) is 37.8 Å². The zero-order valence-corrected chi connectivity index (χ0v) is 17.7. The number of anilines is 1. The first-order chi connectivity index (χ1) is 14.0. The number of benzene rings is 1. The number of amides is 3. The topological polar surface area (TPSA) is 99.3 Å². The molecule has 29 heavy (non-hydrogen) atoms. The molecule has 0 bridgehead atoms. The van der Waals surface area contributed by atoms with Crippen molar-refractivity contribution in [3.05, 3.63) is 52.2 Å². The fourth-order valence-corrected chi connectivity index (χ4v) is 4.46. The van der Waals surface area contributed by atoms with Crippen LogP contribution in [0, 0.1) is 6.92 Å². The number of para-hydroxylation sites is 1. The van der Waals surface area contributed by atoms with Gasteiger partial charge in [0.25, 0.3) is 0 Å². The summed E-state index contributed by atoms with van der Waals surface area (Å²) in [6.07, 6.45) is 0.449. The molecule has 3 rings (SSSR count). The number of thiophene rings is 1. The van der Waals surface area contributed by atoms with Crippen LogP contribution in [0.2, 0.25) is 0 Å². The molecule has 4 N–H and O–H groups in total. The second-order valence-electron chi connectivity index (χ2n) is 6.75. The molecule has 2 atom stereocenters. The van der Waals surface area contributed by atoms with Gasteiger partial charge in [0.2, 0.25) is 17.7 Å². The van der Waals surface area contributed by atoms with Crippen LogP contribution in [0.15, 0.2) is 41.8 Å². The maximum atomic E-state index is 12.2. The summed E-state index contributed by atoms with van der Waals surface area (Å²) in [5, 5.41) is 13.7. The van der Waals surface area contributed by atoms with Gasteiger partial charge in [-0.1, -0.05) is 24.3 Å². The van der Waals surface area contributed by atoms with Crippen LogP contribution in [-0.2, 0) is 20.9 Å². The van der Waals surface area contributed by atoms with Gasteiger partial charge in [-0.25, -0.2) is 0 Å². The van der Waals surface area contributed by atoms with Crippen molar-refractivity contribution in [2.24, 2.45) is 0 Å². The molecule has 1 aromatic carbocycles. The van der Waals surface area contributed by atoms with E-state index in [1.807, 2.05) is 48.7 Å². The molecular weight excluding hydrogens is 408 g/mol. The van der Waals surface area contributed by atoms with E-state index in [-0.39, 0.29) is 42.4 Å². The van der Waals surface area contributed by atoms with Crippen LogP contribution >= 0.6 is 23.1 Å². The van der Waals surface area contributed by atoms with Gasteiger partial charge in [0.1, 0.15) is 5.50 Å². The number of hydrogen-bond acceptors (Lipinski definition) is 6. The minimum Gasteiger partial charge on any atom is -0.351 e. The van der Waals surface area contributed by atoms with E-state index in [2.05, 4.69) is 21.3 Å². The first kappa shape index (κ1) is 21.4. The van der Waals surface area contributed by atoms with E-state index >= 15 is 0 Å². The second-order valence-corrected chi connectivity index (χ2v) is 8.88. The number of carbonyl (C=O) groups excluding carboxylic acids is 3. The standard InChI is InChI=1S/C20H24N4O3S2/c1-13-5-2-3-7-16(13)23-19(27)12-29-20-22-14(10-18(26)24-20)9-17(25)21-11-15-6-4-8-28-15/h2-8,14,20,22H,9-12H2,1H3,(H,21,25)(H,23,27)(H,24,26). The van der Waals surface area contributed by atoms with E-state index in [0.717, 1.165) is 16.1 Å². The number of rotatable bonds is 8. The first-order valence-electron chi connectivity index (χ1n) is 9.31. The average Bonchev–Trinajstić information content (AvgIpc) is 3.20. The van der Waals surface area contributed by atoms with Crippen LogP contribution in [0.25, 0.3) is 0 Å². The lowest BCUT2D eigenvalue weighted by Gasteiger charge is -2.30. The quantitative estimate of drug-likeness (QED) is 0.513. The van der Waals surface area contributed by atoms with Gasteiger partial charge in [0.15, 0.2) is 0 Å². The molecule has 1 aliphatic heterocycles. The van der Waals surface area contributed by atoms with Crippen LogP contribution in [0.3, 0.4) is 0 Å². The zero-order chi connectivity index (χ0) is 20.6. The van der Waals surface area contributed by atoms with Crippen molar-refractivity contribution < 1.29 is 14.4 Å². The van der Waals surface area contributed by atoms with Crippen LogP contribution in [0.4, 0.5) is 5.69 Å². The highest BCUT2D eigenvalue weighted by atomic mass is 32.2. The Morgan fingerprint density at radius 3 is 2.79 bits per heavy atom. The monoisotopic (exact) mass is 432 g/mol. The molecule has 1 fully saturated rings. The number of carbonyl (C=O) groups is 3. The summed E-state index contributed by atoms with van der Waals surface area (Å²) >= 11 is 2.88. The Balaban J connectivity index is 1.43. The van der Waals surface area contributed by atoms with Crippen molar-refractivity contribution in [2.75, 3.05) is 11.1 Å². The molecule has 0 spiro atoms. The lowest BCUT2D eigenvalue weighted by atomic mass is 10.1. The van der Waals surface area contributed by atoms with Gasteiger partial charge in [-0.3, -0.25) is 19.7 Å². The summed E-state index contributed by atoms with van der Waals surface area (Å²) < 4.78 is 0. The number of aryl methyl sites for hydroxylation is 1. The van der Waals surface area contributed by atoms with Gasteiger partial charge in [0.05, 0.1) is 12.3 Å². The summed E-state index contributed by atoms with van der Waals surface area (Å²) in [5.74, 6) is -0.191. The number of hydrogen-bond donors (Lipinski definition) is 4. The van der Waals surface area contributed by atoms with Gasteiger partial charge >= 0.3 is 0 Å². The van der Waals surface area contributed by atoms with E-state index < -0.39 is 5.50 Å². The smallest absolute Gasteiger partial charge is 0.234 e. The van der Waals surface area contributed by atoms with E-state index in [1.165, 1.54) is 11.8 Å². The third-order valence-electron chi connectivity index (χ3n) is 4.38. The maximum Gasteiger partial charge on any atom is 0.234 e. The molecular formula is C20H24N4O3S2. The first-order valence-corrected chi connectivity index (χ1v) is 11.2. The molecule has 0 aliphatic carbocycles. The Kier molecular flexibility index (Phi) is 7.68. The van der Waals surface area contributed by atoms with E-state index in [9.17, 15) is 14.4 Å². The highest BCUT2D eigenvalue weighted by molar-refractivity contribution is 8.00. The van der Waals surface area contributed by atoms with Gasteiger partial charge in [-0.2, -0.15) is 0 Å². The Bertz CT molecular complexity index is 857. The van der Waals surface area contributed by atoms with Crippen LogP contribution in [-0.4, -0.2) is 35.0 Å². The molecule has 7 nitrogen and oxygen atoms in total. The summed E-state index contributed by atoms with van der Waals surface area (Å²) in [6, 6.07) is 11.2. The fourth-order valence-electron chi connectivity index (χ4n) is 2.92. The predicted octanol–water partition coefficient (Wildman–Crippen LogP) is 2.20.